The topological polar surface area (TPSA) is 90.2 Å². The number of anilines is 1. The van der Waals surface area contributed by atoms with E-state index >= 15 is 0 Å². The zero-order chi connectivity index (χ0) is 11.5. The minimum atomic E-state index is -3.70. The average molecular weight is 226 g/mol. The molecular formula is C9H10N2O3S. The normalized spacial score (nSPS) is 10.7. The summed E-state index contributed by atoms with van der Waals surface area (Å²) < 4.78 is 24.6. The first-order chi connectivity index (χ1) is 6.96. The maximum atomic E-state index is 11.2. The van der Waals surface area contributed by atoms with Gasteiger partial charge in [0.2, 0.25) is 10.0 Å². The standard InChI is InChI=1S/C9H10N2O3S/c1-7-3-2-4-8(9(7)12)11-15(13,14)6-5-10/h2-4,11-12H,6H2,1H3. The van der Waals surface area contributed by atoms with Gasteiger partial charge in [0.05, 0.1) is 11.8 Å². The number of nitriles is 1. The second kappa shape index (κ2) is 4.19. The van der Waals surface area contributed by atoms with Gasteiger partial charge in [-0.2, -0.15) is 5.26 Å². The van der Waals surface area contributed by atoms with Crippen molar-refractivity contribution in [2.75, 3.05) is 10.5 Å². The van der Waals surface area contributed by atoms with Crippen molar-refractivity contribution in [3.8, 4) is 11.8 Å². The van der Waals surface area contributed by atoms with E-state index in [1.807, 2.05) is 0 Å². The molecule has 6 heteroatoms. The Morgan fingerprint density at radius 3 is 2.80 bits per heavy atom. The number of aryl methyl sites for hydroxylation is 1. The van der Waals surface area contributed by atoms with E-state index < -0.39 is 15.8 Å². The summed E-state index contributed by atoms with van der Waals surface area (Å²) in [6.07, 6.45) is 0. The van der Waals surface area contributed by atoms with Crippen LogP contribution in [0.25, 0.3) is 0 Å². The lowest BCUT2D eigenvalue weighted by atomic mass is 10.2. The predicted molar refractivity (Wildman–Crippen MR) is 55.9 cm³/mol. The van der Waals surface area contributed by atoms with E-state index in [1.54, 1.807) is 19.1 Å². The van der Waals surface area contributed by atoms with Crippen molar-refractivity contribution < 1.29 is 13.5 Å². The Labute approximate surface area is 88.0 Å². The monoisotopic (exact) mass is 226 g/mol. The summed E-state index contributed by atoms with van der Waals surface area (Å²) in [6.45, 7) is 1.65. The number of hydrogen-bond acceptors (Lipinski definition) is 4. The molecular weight excluding hydrogens is 216 g/mol. The van der Waals surface area contributed by atoms with Crippen molar-refractivity contribution in [1.29, 1.82) is 5.26 Å². The number of benzene rings is 1. The molecule has 1 rings (SSSR count). The van der Waals surface area contributed by atoms with Crippen molar-refractivity contribution in [3.63, 3.8) is 0 Å². The quantitative estimate of drug-likeness (QED) is 0.751. The van der Waals surface area contributed by atoms with Gasteiger partial charge in [0.25, 0.3) is 0 Å². The van der Waals surface area contributed by atoms with Crippen LogP contribution < -0.4 is 4.72 Å². The van der Waals surface area contributed by atoms with Crippen LogP contribution in [0.5, 0.6) is 5.75 Å². The number of rotatable bonds is 3. The third kappa shape index (κ3) is 2.86. The van der Waals surface area contributed by atoms with Crippen LogP contribution in [0.3, 0.4) is 0 Å². The Morgan fingerprint density at radius 1 is 1.53 bits per heavy atom. The molecule has 0 aromatic heterocycles. The molecule has 0 unspecified atom stereocenters. The zero-order valence-corrected chi connectivity index (χ0v) is 8.87. The van der Waals surface area contributed by atoms with Crippen LogP contribution in [-0.4, -0.2) is 19.3 Å². The molecule has 0 heterocycles. The van der Waals surface area contributed by atoms with Crippen LogP contribution in [0.4, 0.5) is 5.69 Å². The predicted octanol–water partition coefficient (Wildman–Crippen LogP) is 0.966. The van der Waals surface area contributed by atoms with Crippen molar-refractivity contribution in [2.45, 2.75) is 6.92 Å². The molecule has 2 N–H and O–H groups in total. The van der Waals surface area contributed by atoms with Crippen LogP contribution in [-0.2, 0) is 10.0 Å². The number of aromatic hydroxyl groups is 1. The molecule has 0 aliphatic heterocycles. The van der Waals surface area contributed by atoms with Gasteiger partial charge in [-0.05, 0) is 18.6 Å². The molecule has 0 amide bonds. The van der Waals surface area contributed by atoms with E-state index in [9.17, 15) is 13.5 Å². The maximum absolute atomic E-state index is 11.2. The zero-order valence-electron chi connectivity index (χ0n) is 8.06. The molecule has 0 spiro atoms. The molecule has 0 aliphatic rings. The van der Waals surface area contributed by atoms with Gasteiger partial charge < -0.3 is 5.11 Å². The summed E-state index contributed by atoms with van der Waals surface area (Å²) in [5, 5.41) is 17.8. The highest BCUT2D eigenvalue weighted by Crippen LogP contribution is 2.27. The molecule has 0 saturated carbocycles. The number of sulfonamides is 1. The Morgan fingerprint density at radius 2 is 2.20 bits per heavy atom. The molecule has 0 saturated heterocycles. The number of phenolic OH excluding ortho intramolecular Hbond substituents is 1. The second-order valence-electron chi connectivity index (χ2n) is 2.99. The largest absolute Gasteiger partial charge is 0.505 e. The number of hydrogen-bond donors (Lipinski definition) is 2. The van der Waals surface area contributed by atoms with Crippen molar-refractivity contribution in [3.05, 3.63) is 23.8 Å². The Balaban J connectivity index is 3.02. The van der Waals surface area contributed by atoms with Crippen LogP contribution in [0.1, 0.15) is 5.56 Å². The summed E-state index contributed by atoms with van der Waals surface area (Å²) in [7, 11) is -3.70. The van der Waals surface area contributed by atoms with E-state index in [4.69, 9.17) is 5.26 Å². The van der Waals surface area contributed by atoms with Gasteiger partial charge in [-0.25, -0.2) is 8.42 Å². The molecule has 0 atom stereocenters. The van der Waals surface area contributed by atoms with Crippen molar-refractivity contribution in [2.24, 2.45) is 0 Å². The van der Waals surface area contributed by atoms with E-state index in [0.29, 0.717) is 5.56 Å². The SMILES string of the molecule is Cc1cccc(NS(=O)(=O)CC#N)c1O. The van der Waals surface area contributed by atoms with Gasteiger partial charge in [-0.15, -0.1) is 0 Å². The molecule has 5 nitrogen and oxygen atoms in total. The highest BCUT2D eigenvalue weighted by molar-refractivity contribution is 7.92. The lowest BCUT2D eigenvalue weighted by Gasteiger charge is -2.08. The third-order valence-corrected chi connectivity index (χ3v) is 2.80. The molecule has 1 aromatic rings. The second-order valence-corrected chi connectivity index (χ2v) is 4.71. The van der Waals surface area contributed by atoms with E-state index in [1.165, 1.54) is 12.1 Å². The van der Waals surface area contributed by atoms with E-state index in [0.717, 1.165) is 0 Å². The van der Waals surface area contributed by atoms with Crippen LogP contribution in [0.15, 0.2) is 18.2 Å². The number of nitrogens with one attached hydrogen (secondary N) is 1. The average Bonchev–Trinajstić information content (AvgIpc) is 2.12. The lowest BCUT2D eigenvalue weighted by Crippen LogP contribution is -2.15. The number of para-hydroxylation sites is 1. The smallest absolute Gasteiger partial charge is 0.246 e. The Hall–Kier alpha value is -1.74. The molecule has 0 bridgehead atoms. The van der Waals surface area contributed by atoms with E-state index in [2.05, 4.69) is 4.72 Å². The summed E-state index contributed by atoms with van der Waals surface area (Å²) in [6, 6.07) is 6.22. The maximum Gasteiger partial charge on any atom is 0.246 e. The molecule has 0 aliphatic carbocycles. The van der Waals surface area contributed by atoms with Gasteiger partial charge in [0, 0.05) is 0 Å². The molecule has 1 aromatic carbocycles. The summed E-state index contributed by atoms with van der Waals surface area (Å²) in [5.41, 5.74) is 0.650. The number of nitrogens with zero attached hydrogens (tertiary/aromatic N) is 1. The molecule has 15 heavy (non-hydrogen) atoms. The minimum absolute atomic E-state index is 0.0882. The fourth-order valence-corrected chi connectivity index (χ4v) is 1.77. The molecule has 0 fully saturated rings. The number of phenols is 1. The first kappa shape index (κ1) is 11.3. The van der Waals surface area contributed by atoms with Crippen LogP contribution in [0, 0.1) is 18.3 Å². The fourth-order valence-electron chi connectivity index (χ4n) is 1.03. The van der Waals surface area contributed by atoms with Gasteiger partial charge in [0.1, 0.15) is 5.75 Å². The van der Waals surface area contributed by atoms with E-state index in [-0.39, 0.29) is 11.4 Å². The highest BCUT2D eigenvalue weighted by atomic mass is 32.2. The summed E-state index contributed by atoms with van der Waals surface area (Å²) >= 11 is 0. The Bertz CT molecular complexity index is 503. The van der Waals surface area contributed by atoms with Gasteiger partial charge in [-0.3, -0.25) is 4.72 Å². The first-order valence-electron chi connectivity index (χ1n) is 4.12. The van der Waals surface area contributed by atoms with Crippen molar-refractivity contribution >= 4 is 15.7 Å². The van der Waals surface area contributed by atoms with Crippen LogP contribution in [0.2, 0.25) is 0 Å². The summed E-state index contributed by atoms with van der Waals surface area (Å²) in [4.78, 5) is 0. The van der Waals surface area contributed by atoms with Gasteiger partial charge in [-0.1, -0.05) is 12.1 Å². The molecule has 80 valence electrons. The summed E-state index contributed by atoms with van der Waals surface area (Å²) in [5.74, 6) is -0.764. The van der Waals surface area contributed by atoms with Gasteiger partial charge >= 0.3 is 0 Å². The molecule has 0 radical (unpaired) electrons. The first-order valence-corrected chi connectivity index (χ1v) is 5.77. The van der Waals surface area contributed by atoms with Crippen LogP contribution >= 0.6 is 0 Å². The van der Waals surface area contributed by atoms with Crippen molar-refractivity contribution in [1.82, 2.24) is 0 Å². The minimum Gasteiger partial charge on any atom is -0.505 e. The van der Waals surface area contributed by atoms with Gasteiger partial charge in [0.15, 0.2) is 5.75 Å². The fraction of sp³-hybridized carbons (Fsp3) is 0.222. The third-order valence-electron chi connectivity index (χ3n) is 1.76. The lowest BCUT2D eigenvalue weighted by molar-refractivity contribution is 0.473. The Kier molecular flexibility index (Phi) is 3.17. The highest BCUT2D eigenvalue weighted by Gasteiger charge is 2.12.